The number of hydrogen-bond donors (Lipinski definition) is 0. The van der Waals surface area contributed by atoms with Crippen molar-refractivity contribution in [2.24, 2.45) is 0 Å². The lowest BCUT2D eigenvalue weighted by molar-refractivity contribution is -0.114. The number of carbonyl (C=O) groups excluding carboxylic acids is 1. The normalized spacial score (nSPS) is 16.8. The lowest BCUT2D eigenvalue weighted by Gasteiger charge is -2.07. The van der Waals surface area contributed by atoms with Gasteiger partial charge in [0.05, 0.1) is 5.69 Å². The van der Waals surface area contributed by atoms with Gasteiger partial charge >= 0.3 is 0 Å². The van der Waals surface area contributed by atoms with Gasteiger partial charge in [-0.25, -0.2) is 0 Å². The Morgan fingerprint density at radius 1 is 1.35 bits per heavy atom. The van der Waals surface area contributed by atoms with E-state index >= 15 is 0 Å². The summed E-state index contributed by atoms with van der Waals surface area (Å²) in [5.41, 5.74) is 3.55. The van der Waals surface area contributed by atoms with Crippen molar-refractivity contribution in [2.45, 2.75) is 52.5 Å². The largest absolute Gasteiger partial charge is 0.295 e. The quantitative estimate of drug-likeness (QED) is 0.803. The first kappa shape index (κ1) is 12.1. The minimum atomic E-state index is 0.289. The van der Waals surface area contributed by atoms with Crippen molar-refractivity contribution in [3.05, 3.63) is 29.1 Å². The maximum absolute atomic E-state index is 11.5. The second kappa shape index (κ2) is 5.30. The van der Waals surface area contributed by atoms with Gasteiger partial charge in [-0.2, -0.15) is 5.10 Å². The van der Waals surface area contributed by atoms with E-state index < -0.39 is 0 Å². The number of rotatable bonds is 3. The topological polar surface area (TPSA) is 34.9 Å². The molecule has 0 aliphatic heterocycles. The fourth-order valence-corrected chi connectivity index (χ4v) is 2.41. The third kappa shape index (κ3) is 3.05. The average molecular weight is 232 g/mol. The summed E-state index contributed by atoms with van der Waals surface area (Å²) >= 11 is 0. The van der Waals surface area contributed by atoms with Crippen LogP contribution in [0, 0.1) is 6.92 Å². The van der Waals surface area contributed by atoms with Crippen molar-refractivity contribution < 1.29 is 4.79 Å². The van der Waals surface area contributed by atoms with E-state index in [9.17, 15) is 4.79 Å². The average Bonchev–Trinajstić information content (AvgIpc) is 2.50. The predicted molar refractivity (Wildman–Crippen MR) is 67.9 cm³/mol. The number of ketones is 1. The molecule has 0 saturated carbocycles. The molecule has 0 saturated heterocycles. The van der Waals surface area contributed by atoms with Crippen LogP contribution in [0.25, 0.3) is 0 Å². The van der Waals surface area contributed by atoms with Gasteiger partial charge in [0.2, 0.25) is 0 Å². The summed E-state index contributed by atoms with van der Waals surface area (Å²) in [6.07, 6.45) is 6.67. The molecule has 3 heteroatoms. The van der Waals surface area contributed by atoms with Crippen LogP contribution in [0.3, 0.4) is 0 Å². The number of nitrogens with zero attached hydrogens (tertiary/aromatic N) is 2. The first-order valence-corrected chi connectivity index (χ1v) is 6.44. The van der Waals surface area contributed by atoms with E-state index in [4.69, 9.17) is 0 Å². The van der Waals surface area contributed by atoms with Gasteiger partial charge in [-0.15, -0.1) is 0 Å². The van der Waals surface area contributed by atoms with Gasteiger partial charge in [-0.05, 0) is 45.3 Å². The zero-order chi connectivity index (χ0) is 12.3. The summed E-state index contributed by atoms with van der Waals surface area (Å²) in [5, 5.41) is 4.44. The molecule has 92 valence electrons. The lowest BCUT2D eigenvalue weighted by atomic mass is 10.0. The van der Waals surface area contributed by atoms with Crippen LogP contribution in [0.5, 0.6) is 0 Å². The van der Waals surface area contributed by atoms with Gasteiger partial charge < -0.3 is 0 Å². The van der Waals surface area contributed by atoms with Crippen LogP contribution in [-0.4, -0.2) is 15.6 Å². The van der Waals surface area contributed by atoms with Gasteiger partial charge in [0.25, 0.3) is 0 Å². The Labute approximate surface area is 103 Å². The first-order chi connectivity index (χ1) is 8.19. The summed E-state index contributed by atoms with van der Waals surface area (Å²) in [4.78, 5) is 11.5. The monoisotopic (exact) mass is 232 g/mol. The highest BCUT2D eigenvalue weighted by Crippen LogP contribution is 2.19. The number of allylic oxidation sites excluding steroid dienone is 2. The van der Waals surface area contributed by atoms with Crippen LogP contribution >= 0.6 is 0 Å². The Hall–Kier alpha value is -1.38. The summed E-state index contributed by atoms with van der Waals surface area (Å²) < 4.78 is 2.03. The molecule has 1 aliphatic rings. The minimum absolute atomic E-state index is 0.289. The summed E-state index contributed by atoms with van der Waals surface area (Å²) in [7, 11) is 0. The van der Waals surface area contributed by atoms with Gasteiger partial charge in [-0.1, -0.05) is 5.57 Å². The smallest absolute Gasteiger partial charge is 0.155 e. The van der Waals surface area contributed by atoms with Crippen LogP contribution in [0.1, 0.15) is 44.0 Å². The maximum Gasteiger partial charge on any atom is 0.155 e. The molecule has 1 aromatic heterocycles. The Morgan fingerprint density at radius 3 is 2.88 bits per heavy atom. The van der Waals surface area contributed by atoms with Crippen LogP contribution in [0.4, 0.5) is 0 Å². The molecule has 1 heterocycles. The molecule has 0 aromatic carbocycles. The molecule has 3 nitrogen and oxygen atoms in total. The summed E-state index contributed by atoms with van der Waals surface area (Å²) in [6.45, 7) is 5.01. The van der Waals surface area contributed by atoms with Gasteiger partial charge in [-0.3, -0.25) is 9.48 Å². The van der Waals surface area contributed by atoms with Crippen molar-refractivity contribution in [3.63, 3.8) is 0 Å². The van der Waals surface area contributed by atoms with Crippen molar-refractivity contribution in [1.82, 2.24) is 9.78 Å². The van der Waals surface area contributed by atoms with Crippen molar-refractivity contribution in [1.29, 1.82) is 0 Å². The highest BCUT2D eigenvalue weighted by atomic mass is 16.1. The zero-order valence-electron chi connectivity index (χ0n) is 10.7. The van der Waals surface area contributed by atoms with Gasteiger partial charge in [0.15, 0.2) is 5.78 Å². The molecule has 0 N–H and O–H groups in total. The predicted octanol–water partition coefficient (Wildman–Crippen LogP) is 2.82. The summed E-state index contributed by atoms with van der Waals surface area (Å²) in [6, 6.07) is 2.12. The highest BCUT2D eigenvalue weighted by molar-refractivity contribution is 5.90. The van der Waals surface area contributed by atoms with Crippen LogP contribution in [0.2, 0.25) is 0 Å². The fraction of sp³-hybridized carbons (Fsp3) is 0.571. The van der Waals surface area contributed by atoms with E-state index in [2.05, 4.69) is 18.1 Å². The number of aryl methyl sites for hydroxylation is 2. The molecule has 0 unspecified atom stereocenters. The molecule has 0 spiro atoms. The molecule has 1 aliphatic carbocycles. The van der Waals surface area contributed by atoms with E-state index in [0.717, 1.165) is 44.3 Å². The van der Waals surface area contributed by atoms with Crippen molar-refractivity contribution in [3.8, 4) is 0 Å². The summed E-state index contributed by atoms with van der Waals surface area (Å²) in [5.74, 6) is 0.289. The molecule has 0 fully saturated rings. The van der Waals surface area contributed by atoms with Gasteiger partial charge in [0, 0.05) is 25.1 Å². The fourth-order valence-electron chi connectivity index (χ4n) is 2.41. The molecule has 0 amide bonds. The molecular formula is C14H20N2O. The lowest BCUT2D eigenvalue weighted by Crippen LogP contribution is -2.04. The van der Waals surface area contributed by atoms with Crippen molar-refractivity contribution >= 4 is 5.78 Å². The third-order valence-corrected chi connectivity index (χ3v) is 3.23. The van der Waals surface area contributed by atoms with E-state index in [0.29, 0.717) is 0 Å². The zero-order valence-corrected chi connectivity index (χ0v) is 10.7. The van der Waals surface area contributed by atoms with Crippen molar-refractivity contribution in [2.75, 3.05) is 0 Å². The molecule has 1 aromatic rings. The standard InChI is InChI=1S/C14H20N2O/c1-3-16-13(8-11(2)15-16)9-12-6-4-5-7-14(17)10-12/h8,10H,3-7,9H2,1-2H3. The molecule has 0 atom stereocenters. The minimum Gasteiger partial charge on any atom is -0.295 e. The SMILES string of the molecule is CCn1nc(C)cc1CC1=CC(=O)CCCC1. The molecule has 0 radical (unpaired) electrons. The van der Waals surface area contributed by atoms with E-state index in [1.54, 1.807) is 0 Å². The Morgan fingerprint density at radius 2 is 2.12 bits per heavy atom. The highest BCUT2D eigenvalue weighted by Gasteiger charge is 2.11. The van der Waals surface area contributed by atoms with E-state index in [1.807, 2.05) is 17.7 Å². The van der Waals surface area contributed by atoms with Crippen LogP contribution in [0.15, 0.2) is 17.7 Å². The number of aromatic nitrogens is 2. The molecule has 2 rings (SSSR count). The number of carbonyl (C=O) groups is 1. The Bertz CT molecular complexity index is 443. The van der Waals surface area contributed by atoms with E-state index in [1.165, 1.54) is 11.3 Å². The Kier molecular flexibility index (Phi) is 3.77. The Balaban J connectivity index is 2.16. The molecule has 17 heavy (non-hydrogen) atoms. The van der Waals surface area contributed by atoms with Crippen LogP contribution < -0.4 is 0 Å². The third-order valence-electron chi connectivity index (χ3n) is 3.23. The van der Waals surface area contributed by atoms with E-state index in [-0.39, 0.29) is 5.78 Å². The second-order valence-electron chi connectivity index (χ2n) is 4.75. The van der Waals surface area contributed by atoms with Gasteiger partial charge in [0.1, 0.15) is 0 Å². The second-order valence-corrected chi connectivity index (χ2v) is 4.75. The van der Waals surface area contributed by atoms with Crippen LogP contribution in [-0.2, 0) is 17.8 Å². The molecular weight excluding hydrogens is 212 g/mol. The maximum atomic E-state index is 11.5. The molecule has 0 bridgehead atoms. The first-order valence-electron chi connectivity index (χ1n) is 6.44. The number of hydrogen-bond acceptors (Lipinski definition) is 2.